The van der Waals surface area contributed by atoms with E-state index < -0.39 is 12.7 Å². The molecule has 1 heterocycles. The van der Waals surface area contributed by atoms with E-state index in [9.17, 15) is 13.2 Å². The zero-order valence-electron chi connectivity index (χ0n) is 11.7. The van der Waals surface area contributed by atoms with Crippen LogP contribution in [0.4, 0.5) is 18.9 Å². The molecule has 1 aliphatic rings. The SMILES string of the molecule is COc1ccc(NC2CCN(CC(F)(F)F)CC2)cc1Br. The quantitative estimate of drug-likeness (QED) is 0.874. The van der Waals surface area contributed by atoms with E-state index in [0.717, 1.165) is 15.9 Å². The molecule has 1 aliphatic heterocycles. The molecule has 0 saturated carbocycles. The molecule has 0 aliphatic carbocycles. The van der Waals surface area contributed by atoms with Gasteiger partial charge in [0.1, 0.15) is 5.75 Å². The van der Waals surface area contributed by atoms with Crippen LogP contribution in [0.5, 0.6) is 5.75 Å². The van der Waals surface area contributed by atoms with E-state index in [-0.39, 0.29) is 6.04 Å². The zero-order valence-corrected chi connectivity index (χ0v) is 13.3. The molecule has 0 aromatic heterocycles. The van der Waals surface area contributed by atoms with Gasteiger partial charge in [0.05, 0.1) is 18.1 Å². The molecule has 2 rings (SSSR count). The third-order valence-electron chi connectivity index (χ3n) is 3.51. The van der Waals surface area contributed by atoms with Gasteiger partial charge >= 0.3 is 6.18 Å². The molecule has 1 saturated heterocycles. The highest BCUT2D eigenvalue weighted by Crippen LogP contribution is 2.29. The van der Waals surface area contributed by atoms with Gasteiger partial charge in [0.25, 0.3) is 0 Å². The van der Waals surface area contributed by atoms with E-state index >= 15 is 0 Å². The van der Waals surface area contributed by atoms with Crippen molar-refractivity contribution < 1.29 is 17.9 Å². The number of benzene rings is 1. The number of anilines is 1. The first-order chi connectivity index (χ1) is 9.87. The van der Waals surface area contributed by atoms with Crippen LogP contribution in [-0.2, 0) is 0 Å². The Morgan fingerprint density at radius 2 is 2.00 bits per heavy atom. The zero-order chi connectivity index (χ0) is 15.5. The van der Waals surface area contributed by atoms with Crippen molar-refractivity contribution in [1.82, 2.24) is 4.90 Å². The summed E-state index contributed by atoms with van der Waals surface area (Å²) >= 11 is 3.42. The van der Waals surface area contributed by atoms with Crippen LogP contribution in [0.15, 0.2) is 22.7 Å². The average Bonchev–Trinajstić information content (AvgIpc) is 2.40. The normalized spacial score (nSPS) is 17.8. The van der Waals surface area contributed by atoms with Crippen molar-refractivity contribution in [2.75, 3.05) is 32.1 Å². The van der Waals surface area contributed by atoms with Gasteiger partial charge in [-0.3, -0.25) is 4.90 Å². The molecule has 1 fully saturated rings. The van der Waals surface area contributed by atoms with Gasteiger partial charge in [0.15, 0.2) is 0 Å². The minimum Gasteiger partial charge on any atom is -0.496 e. The Kier molecular flexibility index (Phi) is 5.37. The van der Waals surface area contributed by atoms with Gasteiger partial charge in [-0.15, -0.1) is 0 Å². The smallest absolute Gasteiger partial charge is 0.401 e. The Balaban J connectivity index is 1.85. The summed E-state index contributed by atoms with van der Waals surface area (Å²) in [6.45, 7) is 0.122. The monoisotopic (exact) mass is 366 g/mol. The molecule has 118 valence electrons. The average molecular weight is 367 g/mol. The lowest BCUT2D eigenvalue weighted by Crippen LogP contribution is -2.43. The van der Waals surface area contributed by atoms with E-state index in [2.05, 4.69) is 21.2 Å². The first-order valence-corrected chi connectivity index (χ1v) is 7.56. The number of hydrogen-bond acceptors (Lipinski definition) is 3. The van der Waals surface area contributed by atoms with Crippen molar-refractivity contribution in [2.45, 2.75) is 25.1 Å². The summed E-state index contributed by atoms with van der Waals surface area (Å²) in [5.41, 5.74) is 0.942. The Bertz CT molecular complexity index is 474. The van der Waals surface area contributed by atoms with Gasteiger partial charge in [-0.25, -0.2) is 0 Å². The van der Waals surface area contributed by atoms with Gasteiger partial charge in [-0.2, -0.15) is 13.2 Å². The highest BCUT2D eigenvalue weighted by molar-refractivity contribution is 9.10. The topological polar surface area (TPSA) is 24.5 Å². The maximum Gasteiger partial charge on any atom is 0.401 e. The first-order valence-electron chi connectivity index (χ1n) is 6.76. The van der Waals surface area contributed by atoms with Gasteiger partial charge in [-0.1, -0.05) is 0 Å². The van der Waals surface area contributed by atoms with Gasteiger partial charge in [0.2, 0.25) is 0 Å². The fourth-order valence-corrected chi connectivity index (χ4v) is 3.02. The van der Waals surface area contributed by atoms with Crippen molar-refractivity contribution in [2.24, 2.45) is 0 Å². The highest BCUT2D eigenvalue weighted by Gasteiger charge is 2.32. The lowest BCUT2D eigenvalue weighted by molar-refractivity contribution is -0.147. The highest BCUT2D eigenvalue weighted by atomic mass is 79.9. The summed E-state index contributed by atoms with van der Waals surface area (Å²) in [5, 5.41) is 3.36. The van der Waals surface area contributed by atoms with E-state index in [1.165, 1.54) is 4.90 Å². The van der Waals surface area contributed by atoms with E-state index in [4.69, 9.17) is 4.74 Å². The minimum absolute atomic E-state index is 0.203. The number of methoxy groups -OCH3 is 1. The number of likely N-dealkylation sites (tertiary alicyclic amines) is 1. The number of alkyl halides is 3. The molecular formula is C14H18BrF3N2O. The molecule has 0 unspecified atom stereocenters. The molecule has 21 heavy (non-hydrogen) atoms. The second-order valence-electron chi connectivity index (χ2n) is 5.16. The summed E-state index contributed by atoms with van der Waals surface area (Å²) in [6.07, 6.45) is -2.69. The number of piperidine rings is 1. The Morgan fingerprint density at radius 3 is 2.52 bits per heavy atom. The minimum atomic E-state index is -4.11. The van der Waals surface area contributed by atoms with Crippen LogP contribution in [0.2, 0.25) is 0 Å². The summed E-state index contributed by atoms with van der Waals surface area (Å²) in [5.74, 6) is 0.751. The molecule has 0 amide bonds. The van der Waals surface area contributed by atoms with Crippen LogP contribution in [0.25, 0.3) is 0 Å². The van der Waals surface area contributed by atoms with Crippen LogP contribution in [-0.4, -0.2) is 43.9 Å². The number of rotatable bonds is 4. The maximum atomic E-state index is 12.3. The molecular weight excluding hydrogens is 349 g/mol. The molecule has 7 heteroatoms. The van der Waals surface area contributed by atoms with Gasteiger partial charge in [-0.05, 0) is 47.0 Å². The van der Waals surface area contributed by atoms with Crippen molar-refractivity contribution in [3.63, 3.8) is 0 Å². The fourth-order valence-electron chi connectivity index (χ4n) is 2.48. The Labute approximate surface area is 130 Å². The largest absolute Gasteiger partial charge is 0.496 e. The van der Waals surface area contributed by atoms with E-state index in [1.807, 2.05) is 18.2 Å². The van der Waals surface area contributed by atoms with Crippen LogP contribution in [0.1, 0.15) is 12.8 Å². The van der Waals surface area contributed by atoms with E-state index in [1.54, 1.807) is 7.11 Å². The molecule has 1 aromatic rings. The molecule has 1 N–H and O–H groups in total. The molecule has 3 nitrogen and oxygen atoms in total. The van der Waals surface area contributed by atoms with Crippen LogP contribution >= 0.6 is 15.9 Å². The van der Waals surface area contributed by atoms with Gasteiger partial charge < -0.3 is 10.1 Å². The maximum absolute atomic E-state index is 12.3. The predicted octanol–water partition coefficient (Wildman–Crippen LogP) is 3.90. The fraction of sp³-hybridized carbons (Fsp3) is 0.571. The number of halogens is 4. The van der Waals surface area contributed by atoms with Crippen LogP contribution in [0.3, 0.4) is 0 Å². The molecule has 1 aromatic carbocycles. The lowest BCUT2D eigenvalue weighted by Gasteiger charge is -2.33. The Morgan fingerprint density at radius 1 is 1.33 bits per heavy atom. The summed E-state index contributed by atoms with van der Waals surface area (Å²) in [4.78, 5) is 1.46. The van der Waals surface area contributed by atoms with E-state index in [0.29, 0.717) is 25.9 Å². The molecule has 0 radical (unpaired) electrons. The first kappa shape index (κ1) is 16.4. The summed E-state index contributed by atoms with van der Waals surface area (Å²) < 4.78 is 43.0. The van der Waals surface area contributed by atoms with Crippen molar-refractivity contribution >= 4 is 21.6 Å². The van der Waals surface area contributed by atoms with Crippen LogP contribution in [0, 0.1) is 0 Å². The molecule has 0 bridgehead atoms. The number of ether oxygens (including phenoxy) is 1. The second kappa shape index (κ2) is 6.87. The molecule has 0 spiro atoms. The third kappa shape index (κ3) is 5.07. The van der Waals surface area contributed by atoms with Crippen molar-refractivity contribution in [3.05, 3.63) is 22.7 Å². The van der Waals surface area contributed by atoms with Crippen molar-refractivity contribution in [1.29, 1.82) is 0 Å². The Hall–Kier alpha value is -0.950. The number of hydrogen-bond donors (Lipinski definition) is 1. The second-order valence-corrected chi connectivity index (χ2v) is 6.01. The number of nitrogens with one attached hydrogen (secondary N) is 1. The predicted molar refractivity (Wildman–Crippen MR) is 79.8 cm³/mol. The summed E-state index contributed by atoms with van der Waals surface area (Å²) in [7, 11) is 1.60. The third-order valence-corrected chi connectivity index (χ3v) is 4.13. The van der Waals surface area contributed by atoms with Crippen LogP contribution < -0.4 is 10.1 Å². The van der Waals surface area contributed by atoms with Gasteiger partial charge in [0, 0.05) is 24.8 Å². The lowest BCUT2D eigenvalue weighted by atomic mass is 10.0. The number of nitrogens with zero attached hydrogens (tertiary/aromatic N) is 1. The standard InChI is InChI=1S/C14H18BrF3N2O/c1-21-13-3-2-11(8-12(13)15)19-10-4-6-20(7-5-10)9-14(16,17)18/h2-3,8,10,19H,4-7,9H2,1H3. The summed E-state index contributed by atoms with van der Waals surface area (Å²) in [6, 6.07) is 5.88. The molecule has 0 atom stereocenters. The van der Waals surface area contributed by atoms with Crippen molar-refractivity contribution in [3.8, 4) is 5.75 Å².